The minimum Gasteiger partial charge on any atom is -0.547 e. The van der Waals surface area contributed by atoms with E-state index in [1.807, 2.05) is 0 Å². The number of carboxylic acid groups (broad SMARTS) is 1. The van der Waals surface area contributed by atoms with E-state index < -0.39 is 11.6 Å². The fourth-order valence-corrected chi connectivity index (χ4v) is 4.22. The summed E-state index contributed by atoms with van der Waals surface area (Å²) in [5, 5.41) is 11.3. The van der Waals surface area contributed by atoms with Crippen LogP contribution in [0.2, 0.25) is 0 Å². The van der Waals surface area contributed by atoms with E-state index in [0.29, 0.717) is 18.9 Å². The van der Waals surface area contributed by atoms with Crippen LogP contribution in [-0.2, 0) is 9.53 Å². The van der Waals surface area contributed by atoms with E-state index in [4.69, 9.17) is 4.74 Å². The van der Waals surface area contributed by atoms with Crippen molar-refractivity contribution in [2.45, 2.75) is 38.7 Å². The number of carboxylic acids is 1. The molecule has 2 saturated carbocycles. The van der Waals surface area contributed by atoms with Crippen LogP contribution in [0.5, 0.6) is 0 Å². The fraction of sp³-hybridized carbons (Fsp3) is 0.909. The van der Waals surface area contributed by atoms with Crippen LogP contribution in [0.15, 0.2) is 0 Å². The predicted molar refractivity (Wildman–Crippen MR) is 47.2 cm³/mol. The van der Waals surface area contributed by atoms with E-state index in [2.05, 4.69) is 13.8 Å². The summed E-state index contributed by atoms with van der Waals surface area (Å²) in [5.74, 6) is -0.468. The number of ether oxygens (including phenoxy) is 1. The zero-order chi connectivity index (χ0) is 10.2. The summed E-state index contributed by atoms with van der Waals surface area (Å²) in [6, 6.07) is 0. The Balaban J connectivity index is 0.000000853. The third kappa shape index (κ3) is 0.951. The molecular formula is C11H15NaO3. The summed E-state index contributed by atoms with van der Waals surface area (Å²) in [4.78, 5) is 11.3. The molecule has 0 aromatic rings. The average Bonchev–Trinajstić information content (AvgIpc) is 2.58. The molecule has 0 aromatic carbocycles. The van der Waals surface area contributed by atoms with Gasteiger partial charge in [-0.15, -0.1) is 0 Å². The molecule has 2 aliphatic carbocycles. The van der Waals surface area contributed by atoms with Crippen LogP contribution in [0.25, 0.3) is 0 Å². The first-order chi connectivity index (χ1) is 6.46. The summed E-state index contributed by atoms with van der Waals surface area (Å²) < 4.78 is 5.58. The molecule has 0 aromatic heterocycles. The monoisotopic (exact) mass is 218 g/mol. The van der Waals surface area contributed by atoms with Crippen LogP contribution >= 0.6 is 0 Å². The molecule has 3 aliphatic rings. The minimum absolute atomic E-state index is 0. The Labute approximate surface area is 112 Å². The Hall–Kier alpha value is 0.430. The van der Waals surface area contributed by atoms with Gasteiger partial charge in [0.05, 0.1) is 12.6 Å². The smallest absolute Gasteiger partial charge is 0.547 e. The first-order valence-corrected chi connectivity index (χ1v) is 5.32. The van der Waals surface area contributed by atoms with Crippen molar-refractivity contribution in [2.24, 2.45) is 16.7 Å². The second-order valence-electron chi connectivity index (χ2n) is 5.59. The first kappa shape index (κ1) is 11.9. The van der Waals surface area contributed by atoms with Crippen molar-refractivity contribution in [3.63, 3.8) is 0 Å². The van der Waals surface area contributed by atoms with Gasteiger partial charge in [-0.05, 0) is 25.2 Å². The SMILES string of the molecule is CC12CCC3C[C@]1(C(=O)[O-])OC[C@]32C.[Na+]. The molecule has 2 unspecified atom stereocenters. The van der Waals surface area contributed by atoms with Crippen molar-refractivity contribution in [3.05, 3.63) is 0 Å². The molecule has 3 fully saturated rings. The molecule has 1 heterocycles. The zero-order valence-electron chi connectivity index (χ0n) is 9.63. The van der Waals surface area contributed by atoms with Gasteiger partial charge in [-0.1, -0.05) is 13.8 Å². The molecule has 0 amide bonds. The Morgan fingerprint density at radius 1 is 1.47 bits per heavy atom. The normalized spacial score (nSPS) is 55.5. The van der Waals surface area contributed by atoms with Crippen LogP contribution in [0.3, 0.4) is 0 Å². The third-order valence-electron chi connectivity index (χ3n) is 5.53. The average molecular weight is 218 g/mol. The maximum absolute atomic E-state index is 11.3. The summed E-state index contributed by atoms with van der Waals surface area (Å²) in [6.07, 6.45) is 2.80. The molecule has 15 heavy (non-hydrogen) atoms. The van der Waals surface area contributed by atoms with Crippen LogP contribution in [0.1, 0.15) is 33.1 Å². The van der Waals surface area contributed by atoms with E-state index in [-0.39, 0.29) is 40.4 Å². The molecule has 78 valence electrons. The van der Waals surface area contributed by atoms with Gasteiger partial charge in [-0.2, -0.15) is 0 Å². The maximum Gasteiger partial charge on any atom is 1.00 e. The number of carbonyl (C=O) groups is 1. The van der Waals surface area contributed by atoms with Crippen LogP contribution < -0.4 is 34.7 Å². The second kappa shape index (κ2) is 3.00. The van der Waals surface area contributed by atoms with Crippen molar-refractivity contribution in [2.75, 3.05) is 6.61 Å². The van der Waals surface area contributed by atoms with Crippen LogP contribution in [0, 0.1) is 16.7 Å². The van der Waals surface area contributed by atoms with E-state index in [9.17, 15) is 9.90 Å². The summed E-state index contributed by atoms with van der Waals surface area (Å²) in [7, 11) is 0. The molecule has 4 heteroatoms. The first-order valence-electron chi connectivity index (χ1n) is 5.32. The molecule has 4 bridgehead atoms. The molecule has 0 N–H and O–H groups in total. The molecule has 1 aliphatic heterocycles. The van der Waals surface area contributed by atoms with Crippen molar-refractivity contribution in [3.8, 4) is 0 Å². The van der Waals surface area contributed by atoms with E-state index >= 15 is 0 Å². The molecule has 0 spiro atoms. The zero-order valence-corrected chi connectivity index (χ0v) is 11.6. The standard InChI is InChI=1S/C11H16O3.Na/c1-9-6-14-11(8(12)13)5-7(9)3-4-10(9,11)2;/h7H,3-6H2,1-2H3,(H,12,13);/q;+1/p-1/t7?,9-,10?,11-;/m1./s1. The molecule has 1 saturated heterocycles. The van der Waals surface area contributed by atoms with Crippen LogP contribution in [0.4, 0.5) is 0 Å². The molecule has 0 radical (unpaired) electrons. The van der Waals surface area contributed by atoms with Gasteiger partial charge in [0.15, 0.2) is 0 Å². The summed E-state index contributed by atoms with van der Waals surface area (Å²) >= 11 is 0. The van der Waals surface area contributed by atoms with E-state index in [1.54, 1.807) is 0 Å². The Morgan fingerprint density at radius 3 is 2.53 bits per heavy atom. The summed E-state index contributed by atoms with van der Waals surface area (Å²) in [5.41, 5.74) is -1.08. The molecule has 3 nitrogen and oxygen atoms in total. The van der Waals surface area contributed by atoms with Crippen molar-refractivity contribution >= 4 is 5.97 Å². The van der Waals surface area contributed by atoms with E-state index in [0.717, 1.165) is 12.8 Å². The molecule has 4 atom stereocenters. The largest absolute Gasteiger partial charge is 1.00 e. The van der Waals surface area contributed by atoms with E-state index in [1.165, 1.54) is 0 Å². The fourth-order valence-electron chi connectivity index (χ4n) is 4.22. The summed E-state index contributed by atoms with van der Waals surface area (Å²) in [6.45, 7) is 4.85. The molecular weight excluding hydrogens is 203 g/mol. The van der Waals surface area contributed by atoms with Crippen molar-refractivity contribution in [1.29, 1.82) is 0 Å². The number of hydrogen-bond acceptors (Lipinski definition) is 3. The molecule has 3 rings (SSSR count). The maximum atomic E-state index is 11.3. The Morgan fingerprint density at radius 2 is 2.13 bits per heavy atom. The number of carbonyl (C=O) groups excluding carboxylic acids is 1. The van der Waals surface area contributed by atoms with Gasteiger partial charge in [-0.25, -0.2) is 0 Å². The Kier molecular flexibility index (Phi) is 2.38. The topological polar surface area (TPSA) is 49.4 Å². The predicted octanol–water partition coefficient (Wildman–Crippen LogP) is -2.66. The van der Waals surface area contributed by atoms with Crippen molar-refractivity contribution < 1.29 is 44.2 Å². The quantitative estimate of drug-likeness (QED) is 0.451. The second-order valence-corrected chi connectivity index (χ2v) is 5.59. The number of aliphatic carboxylic acids is 1. The van der Waals surface area contributed by atoms with Gasteiger partial charge in [-0.3, -0.25) is 0 Å². The third-order valence-corrected chi connectivity index (χ3v) is 5.53. The number of rotatable bonds is 1. The van der Waals surface area contributed by atoms with Crippen molar-refractivity contribution in [1.82, 2.24) is 0 Å². The van der Waals surface area contributed by atoms with Gasteiger partial charge < -0.3 is 14.6 Å². The van der Waals surface area contributed by atoms with Crippen LogP contribution in [-0.4, -0.2) is 18.2 Å². The Bertz CT molecular complexity index is 332. The minimum atomic E-state index is -0.995. The van der Waals surface area contributed by atoms with Gasteiger partial charge in [0, 0.05) is 10.8 Å². The van der Waals surface area contributed by atoms with Gasteiger partial charge in [0.25, 0.3) is 0 Å². The van der Waals surface area contributed by atoms with Gasteiger partial charge >= 0.3 is 29.6 Å². The van der Waals surface area contributed by atoms with Gasteiger partial charge in [0.1, 0.15) is 5.60 Å². The van der Waals surface area contributed by atoms with Gasteiger partial charge in [0.2, 0.25) is 0 Å². The number of hydrogen-bond donors (Lipinski definition) is 0.